The van der Waals surface area contributed by atoms with Crippen molar-refractivity contribution in [3.05, 3.63) is 95.5 Å². The summed E-state index contributed by atoms with van der Waals surface area (Å²) < 4.78 is 0. The van der Waals surface area contributed by atoms with Crippen LogP contribution in [0.25, 0.3) is 33.3 Å². The van der Waals surface area contributed by atoms with Crippen molar-refractivity contribution in [3.8, 4) is 22.5 Å². The predicted molar refractivity (Wildman–Crippen MR) is 175 cm³/mol. The van der Waals surface area contributed by atoms with Gasteiger partial charge in [-0.2, -0.15) is 0 Å². The minimum atomic E-state index is -0.417. The maximum Gasteiger partial charge on any atom is 0.164 e. The van der Waals surface area contributed by atoms with E-state index in [2.05, 4.69) is 95.3 Å². The first kappa shape index (κ1) is 34.4. The molecule has 0 saturated carbocycles. The molecular weight excluding hydrogens is 709 g/mol. The summed E-state index contributed by atoms with van der Waals surface area (Å²) in [6.07, 6.45) is 3.03. The minimum absolute atomic E-state index is 0. The van der Waals surface area contributed by atoms with Gasteiger partial charge in [0.05, 0.1) is 5.69 Å². The number of hydrogen-bond donors (Lipinski definition) is 1. The van der Waals surface area contributed by atoms with Crippen molar-refractivity contribution in [2.24, 2.45) is 10.8 Å². The first-order chi connectivity index (χ1) is 19.3. The van der Waals surface area contributed by atoms with E-state index >= 15 is 0 Å². The molecule has 0 amide bonds. The van der Waals surface area contributed by atoms with E-state index in [1.165, 1.54) is 39.1 Å². The van der Waals surface area contributed by atoms with Crippen molar-refractivity contribution >= 4 is 16.6 Å². The van der Waals surface area contributed by atoms with E-state index in [0.29, 0.717) is 0 Å². The van der Waals surface area contributed by atoms with Crippen molar-refractivity contribution in [2.75, 3.05) is 0 Å². The van der Waals surface area contributed by atoms with Crippen LogP contribution in [0.4, 0.5) is 0 Å². The van der Waals surface area contributed by atoms with Crippen LogP contribution in [-0.4, -0.2) is 20.9 Å². The van der Waals surface area contributed by atoms with Crippen LogP contribution in [0.1, 0.15) is 92.9 Å². The van der Waals surface area contributed by atoms with Gasteiger partial charge in [-0.15, -0.1) is 35.4 Å². The summed E-state index contributed by atoms with van der Waals surface area (Å²) in [5.41, 5.74) is 7.30. The monoisotopic (exact) mass is 754 g/mol. The molecule has 1 N–H and O–H groups in total. The molecule has 0 bridgehead atoms. The second kappa shape index (κ2) is 12.1. The molecule has 0 saturated heterocycles. The van der Waals surface area contributed by atoms with E-state index in [1.54, 1.807) is 6.33 Å². The molecular formula is C38H45IrN2O2-. The quantitative estimate of drug-likeness (QED) is 0.126. The van der Waals surface area contributed by atoms with E-state index in [0.717, 1.165) is 17.0 Å². The summed E-state index contributed by atoms with van der Waals surface area (Å²) in [6, 6.07) is 23.0. The molecule has 1 radical (unpaired) electrons. The molecule has 43 heavy (non-hydrogen) atoms. The van der Waals surface area contributed by atoms with Gasteiger partial charge >= 0.3 is 0 Å². The van der Waals surface area contributed by atoms with Gasteiger partial charge < -0.3 is 5.11 Å². The largest absolute Gasteiger partial charge is 0.512 e. The van der Waals surface area contributed by atoms with Crippen LogP contribution in [0.15, 0.2) is 72.8 Å². The van der Waals surface area contributed by atoms with Crippen LogP contribution in [0, 0.1) is 16.9 Å². The number of aliphatic hydroxyl groups is 1. The molecule has 1 aromatic heterocycles. The zero-order valence-corrected chi connectivity index (χ0v) is 29.8. The Bertz CT molecular complexity index is 1660. The van der Waals surface area contributed by atoms with Crippen molar-refractivity contribution in [1.82, 2.24) is 9.97 Å². The molecule has 229 valence electrons. The molecule has 0 unspecified atom stereocenters. The third kappa shape index (κ3) is 7.00. The second-order valence-electron chi connectivity index (χ2n) is 14.9. The Labute approximate surface area is 271 Å². The van der Waals surface area contributed by atoms with Crippen LogP contribution >= 0.6 is 0 Å². The SMILES string of the molecule is CC(C)(C)C(=O)/C=C(\O)C(C)(C)C.CC(C)(C)c1c[c-]c(-c2ncnc3c2C(C)(C)c2ccc4ccccc4c2-3)cc1.[Ir]. The molecule has 4 aromatic rings. The minimum Gasteiger partial charge on any atom is -0.512 e. The van der Waals surface area contributed by atoms with Crippen molar-refractivity contribution in [3.63, 3.8) is 0 Å². The van der Waals surface area contributed by atoms with Gasteiger partial charge in [-0.1, -0.05) is 113 Å². The molecule has 3 aromatic carbocycles. The van der Waals surface area contributed by atoms with Gasteiger partial charge in [0.25, 0.3) is 0 Å². The van der Waals surface area contributed by atoms with Crippen LogP contribution in [-0.2, 0) is 35.7 Å². The zero-order valence-electron chi connectivity index (χ0n) is 27.4. The number of benzene rings is 3. The Balaban J connectivity index is 0.000000310. The topological polar surface area (TPSA) is 63.1 Å². The molecule has 5 rings (SSSR count). The number of carbonyl (C=O) groups excluding carboxylic acids is 1. The van der Waals surface area contributed by atoms with E-state index < -0.39 is 5.41 Å². The van der Waals surface area contributed by atoms with Crippen molar-refractivity contribution < 1.29 is 30.0 Å². The predicted octanol–water partition coefficient (Wildman–Crippen LogP) is 9.79. The third-order valence-corrected chi connectivity index (χ3v) is 8.02. The molecule has 4 nitrogen and oxygen atoms in total. The number of carbonyl (C=O) groups is 1. The molecule has 1 aliphatic rings. The van der Waals surface area contributed by atoms with Crippen LogP contribution in [0.3, 0.4) is 0 Å². The van der Waals surface area contributed by atoms with Gasteiger partial charge in [-0.3, -0.25) is 9.78 Å². The number of aliphatic hydroxyl groups excluding tert-OH is 1. The van der Waals surface area contributed by atoms with Crippen LogP contribution < -0.4 is 0 Å². The van der Waals surface area contributed by atoms with E-state index in [4.69, 9.17) is 9.97 Å². The van der Waals surface area contributed by atoms with Gasteiger partial charge in [-0.05, 0) is 33.0 Å². The van der Waals surface area contributed by atoms with Gasteiger partial charge in [-0.25, -0.2) is 4.98 Å². The average Bonchev–Trinajstić information content (AvgIpc) is 3.14. The summed E-state index contributed by atoms with van der Waals surface area (Å²) in [5, 5.41) is 12.1. The Morgan fingerprint density at radius 3 is 2.02 bits per heavy atom. The number of rotatable bonds is 2. The van der Waals surface area contributed by atoms with Gasteiger partial charge in [0.1, 0.15) is 12.1 Å². The van der Waals surface area contributed by atoms with Gasteiger partial charge in [0, 0.05) is 48.0 Å². The van der Waals surface area contributed by atoms with E-state index in [1.807, 2.05) is 41.5 Å². The van der Waals surface area contributed by atoms with E-state index in [-0.39, 0.29) is 47.9 Å². The maximum atomic E-state index is 11.5. The molecule has 0 aliphatic heterocycles. The molecule has 5 heteroatoms. The number of ketones is 1. The van der Waals surface area contributed by atoms with Crippen LogP contribution in [0.5, 0.6) is 0 Å². The molecule has 0 spiro atoms. The summed E-state index contributed by atoms with van der Waals surface area (Å²) in [7, 11) is 0. The summed E-state index contributed by atoms with van der Waals surface area (Å²) in [5.74, 6) is 0.104. The number of hydrogen-bond acceptors (Lipinski definition) is 4. The Hall–Kier alpha value is -3.14. The summed E-state index contributed by atoms with van der Waals surface area (Å²) in [4.78, 5) is 21.0. The summed E-state index contributed by atoms with van der Waals surface area (Å²) in [6.45, 7) is 22.4. The number of nitrogens with zero attached hydrogens (tertiary/aromatic N) is 2. The molecule has 1 aliphatic carbocycles. The fourth-order valence-corrected chi connectivity index (χ4v) is 5.15. The Morgan fingerprint density at radius 1 is 0.837 bits per heavy atom. The maximum absolute atomic E-state index is 11.5. The third-order valence-electron chi connectivity index (χ3n) is 8.02. The normalized spacial score (nSPS) is 14.3. The van der Waals surface area contributed by atoms with Crippen molar-refractivity contribution in [2.45, 2.75) is 87.0 Å². The number of fused-ring (bicyclic) bond motifs is 5. The average molecular weight is 754 g/mol. The molecule has 0 fully saturated rings. The fourth-order valence-electron chi connectivity index (χ4n) is 5.15. The molecule has 0 atom stereocenters. The standard InChI is InChI=1S/C27H25N2.C11H20O2.Ir/c1-26(2,3)19-13-10-18(11-14-19)24-23-25(29-16-28-24)22-20-9-7-6-8-17(20)12-15-21(22)27(23,4)5;1-10(2,3)8(12)7-9(13)11(4,5)6;/h6-10,12-16H,1-5H3;7,12H,1-6H3;/q-1;;/b;8-7-;. The van der Waals surface area contributed by atoms with Crippen LogP contribution in [0.2, 0.25) is 0 Å². The summed E-state index contributed by atoms with van der Waals surface area (Å²) >= 11 is 0. The van der Waals surface area contributed by atoms with Gasteiger partial charge in [0.2, 0.25) is 0 Å². The van der Waals surface area contributed by atoms with Crippen molar-refractivity contribution in [1.29, 1.82) is 0 Å². The van der Waals surface area contributed by atoms with Gasteiger partial charge in [0.15, 0.2) is 5.78 Å². The second-order valence-corrected chi connectivity index (χ2v) is 14.9. The Morgan fingerprint density at radius 2 is 1.47 bits per heavy atom. The smallest absolute Gasteiger partial charge is 0.164 e. The first-order valence-corrected chi connectivity index (χ1v) is 14.7. The van der Waals surface area contributed by atoms with E-state index in [9.17, 15) is 9.90 Å². The number of allylic oxidation sites excluding steroid dienone is 2. The first-order valence-electron chi connectivity index (χ1n) is 14.7. The zero-order chi connectivity index (χ0) is 31.3. The molecule has 1 heterocycles. The number of aromatic nitrogens is 2. The fraction of sp³-hybridized carbons (Fsp3) is 0.395. The Kier molecular flexibility index (Phi) is 9.66.